The molecule has 0 saturated heterocycles. The van der Waals surface area contributed by atoms with E-state index >= 15 is 0 Å². The second-order valence-electron chi connectivity index (χ2n) is 8.83. The molecule has 0 saturated carbocycles. The van der Waals surface area contributed by atoms with Crippen molar-refractivity contribution in [1.82, 2.24) is 4.98 Å². The number of halogens is 5. The minimum Gasteiger partial charge on any atom is -0.493 e. The number of anilines is 2. The number of aliphatic hydroxyl groups is 1. The van der Waals surface area contributed by atoms with Crippen LogP contribution in [-0.2, 0) is 5.41 Å². The first-order valence-electron chi connectivity index (χ1n) is 10.1. The molecule has 2 atom stereocenters. The highest BCUT2D eigenvalue weighted by atomic mass is 19.4. The summed E-state index contributed by atoms with van der Waals surface area (Å²) < 4.78 is 77.0. The van der Waals surface area contributed by atoms with E-state index in [0.29, 0.717) is 0 Å². The lowest BCUT2D eigenvalue weighted by atomic mass is 9.63. The van der Waals surface area contributed by atoms with Crippen LogP contribution in [0.1, 0.15) is 37.4 Å². The number of benzene rings is 2. The summed E-state index contributed by atoms with van der Waals surface area (Å²) in [5, 5.41) is 14.0. The van der Waals surface area contributed by atoms with Crippen molar-refractivity contribution in [1.29, 1.82) is 0 Å². The van der Waals surface area contributed by atoms with Gasteiger partial charge in [0.25, 0.3) is 0 Å². The second kappa shape index (κ2) is 7.44. The van der Waals surface area contributed by atoms with E-state index in [0.717, 1.165) is 12.1 Å². The number of nitrogens with two attached hydrogens (primary N) is 1. The molecule has 33 heavy (non-hydrogen) atoms. The fourth-order valence-corrected chi connectivity index (χ4v) is 4.77. The lowest BCUT2D eigenvalue weighted by molar-refractivity contribution is -0.275. The minimum absolute atomic E-state index is 0.0187. The maximum absolute atomic E-state index is 14.5. The number of nitrogens with zero attached hydrogens (tertiary/aromatic N) is 1. The molecule has 0 bridgehead atoms. The third-order valence-corrected chi connectivity index (χ3v) is 6.14. The van der Waals surface area contributed by atoms with Crippen molar-refractivity contribution < 1.29 is 31.8 Å². The number of nitrogen functional groups attached to an aromatic ring is 1. The summed E-state index contributed by atoms with van der Waals surface area (Å²) in [5.41, 5.74) is 1.31. The maximum atomic E-state index is 14.5. The Balaban J connectivity index is 1.98. The van der Waals surface area contributed by atoms with Gasteiger partial charge in [-0.05, 0) is 47.7 Å². The van der Waals surface area contributed by atoms with Gasteiger partial charge in [-0.15, -0.1) is 0 Å². The van der Waals surface area contributed by atoms with Crippen LogP contribution in [0.25, 0.3) is 10.9 Å². The number of methoxy groups -OCH3 is 1. The van der Waals surface area contributed by atoms with Crippen LogP contribution in [0.5, 0.6) is 5.75 Å². The van der Waals surface area contributed by atoms with Crippen LogP contribution in [0.15, 0.2) is 36.4 Å². The van der Waals surface area contributed by atoms with Crippen molar-refractivity contribution in [2.45, 2.75) is 43.5 Å². The third kappa shape index (κ3) is 3.52. The molecule has 4 rings (SSSR count). The number of rotatable bonds is 3. The number of fused-ring (bicyclic) bond motifs is 2. The minimum atomic E-state index is -5.04. The van der Waals surface area contributed by atoms with Gasteiger partial charge in [-0.3, -0.25) is 0 Å². The summed E-state index contributed by atoms with van der Waals surface area (Å²) in [6.07, 6.45) is -5.81. The quantitative estimate of drug-likeness (QED) is 0.460. The molecule has 2 unspecified atom stereocenters. The summed E-state index contributed by atoms with van der Waals surface area (Å²) >= 11 is 0. The van der Waals surface area contributed by atoms with Gasteiger partial charge in [0.1, 0.15) is 17.2 Å². The number of ether oxygens (including phenoxy) is 1. The molecule has 4 N–H and O–H groups in total. The number of aromatic nitrogens is 1. The van der Waals surface area contributed by atoms with Crippen LogP contribution < -0.4 is 15.8 Å². The Bertz CT molecular complexity index is 1240. The summed E-state index contributed by atoms with van der Waals surface area (Å²) in [5.74, 6) is -1.59. The van der Waals surface area contributed by atoms with Crippen molar-refractivity contribution in [3.63, 3.8) is 0 Å². The van der Waals surface area contributed by atoms with Gasteiger partial charge in [0.2, 0.25) is 0 Å². The van der Waals surface area contributed by atoms with Crippen LogP contribution in [0.2, 0.25) is 0 Å². The number of nitrogens with one attached hydrogen (secondary N) is 1. The second-order valence-corrected chi connectivity index (χ2v) is 8.83. The van der Waals surface area contributed by atoms with Gasteiger partial charge in [0.05, 0.1) is 13.2 Å². The zero-order valence-corrected chi connectivity index (χ0v) is 18.0. The molecular weight excluding hydrogens is 445 g/mol. The topological polar surface area (TPSA) is 80.4 Å². The lowest BCUT2D eigenvalue weighted by Gasteiger charge is -2.49. The molecule has 10 heteroatoms. The van der Waals surface area contributed by atoms with Gasteiger partial charge in [-0.25, -0.2) is 13.8 Å². The molecule has 2 aromatic carbocycles. The molecule has 1 aliphatic carbocycles. The van der Waals surface area contributed by atoms with Crippen LogP contribution in [0.4, 0.5) is 33.5 Å². The Kier molecular flexibility index (Phi) is 5.19. The van der Waals surface area contributed by atoms with E-state index < -0.39 is 41.3 Å². The van der Waals surface area contributed by atoms with E-state index in [1.807, 2.05) is 0 Å². The summed E-state index contributed by atoms with van der Waals surface area (Å²) in [7, 11) is 1.23. The normalized spacial score (nSPS) is 22.2. The van der Waals surface area contributed by atoms with E-state index in [1.165, 1.54) is 45.2 Å². The molecule has 3 aromatic rings. The van der Waals surface area contributed by atoms with Gasteiger partial charge in [-0.1, -0.05) is 19.9 Å². The zero-order valence-electron chi connectivity index (χ0n) is 18.0. The number of pyridine rings is 1. The van der Waals surface area contributed by atoms with E-state index in [-0.39, 0.29) is 39.3 Å². The highest BCUT2D eigenvalue weighted by molar-refractivity contribution is 5.92. The number of hydrogen-bond acceptors (Lipinski definition) is 5. The first-order chi connectivity index (χ1) is 15.3. The van der Waals surface area contributed by atoms with Crippen LogP contribution in [-0.4, -0.2) is 29.0 Å². The van der Waals surface area contributed by atoms with Gasteiger partial charge in [0.15, 0.2) is 17.2 Å². The van der Waals surface area contributed by atoms with Crippen LogP contribution in [0.3, 0.4) is 0 Å². The Hall–Kier alpha value is -3.14. The number of hydrogen-bond donors (Lipinski definition) is 3. The average molecular weight is 467 g/mol. The largest absolute Gasteiger partial charge is 0.493 e. The Morgan fingerprint density at radius 3 is 2.39 bits per heavy atom. The molecule has 1 aromatic heterocycles. The molecular formula is C23H22F5N3O2. The lowest BCUT2D eigenvalue weighted by Crippen LogP contribution is -2.58. The van der Waals surface area contributed by atoms with Gasteiger partial charge in [0, 0.05) is 16.6 Å². The Morgan fingerprint density at radius 2 is 1.76 bits per heavy atom. The monoisotopic (exact) mass is 467 g/mol. The van der Waals surface area contributed by atoms with Gasteiger partial charge < -0.3 is 20.9 Å². The van der Waals surface area contributed by atoms with Gasteiger partial charge >= 0.3 is 6.18 Å². The molecule has 0 fully saturated rings. The van der Waals surface area contributed by atoms with E-state index in [2.05, 4.69) is 10.3 Å². The summed E-state index contributed by atoms with van der Waals surface area (Å²) in [6, 6.07) is 5.56. The Morgan fingerprint density at radius 1 is 1.09 bits per heavy atom. The first-order valence-corrected chi connectivity index (χ1v) is 10.1. The highest BCUT2D eigenvalue weighted by Crippen LogP contribution is 2.56. The molecule has 5 nitrogen and oxygen atoms in total. The Labute approximate surface area is 186 Å². The summed E-state index contributed by atoms with van der Waals surface area (Å²) in [6.45, 7) is 2.97. The smallest absolute Gasteiger partial charge is 0.419 e. The maximum Gasteiger partial charge on any atom is 0.419 e. The summed E-state index contributed by atoms with van der Waals surface area (Å²) in [4.78, 5) is 3.93. The predicted octanol–water partition coefficient (Wildman–Crippen LogP) is 5.23. The first kappa shape index (κ1) is 23.0. The van der Waals surface area contributed by atoms with Crippen molar-refractivity contribution in [2.75, 3.05) is 18.2 Å². The fourth-order valence-electron chi connectivity index (χ4n) is 4.77. The predicted molar refractivity (Wildman–Crippen MR) is 114 cm³/mol. The molecule has 0 radical (unpaired) electrons. The van der Waals surface area contributed by atoms with Crippen molar-refractivity contribution >= 4 is 22.4 Å². The van der Waals surface area contributed by atoms with Crippen molar-refractivity contribution in [2.24, 2.45) is 0 Å². The van der Waals surface area contributed by atoms with Crippen molar-refractivity contribution in [3.8, 4) is 5.75 Å². The molecule has 0 spiro atoms. The third-order valence-electron chi connectivity index (χ3n) is 6.14. The molecule has 0 amide bonds. The fraction of sp³-hybridized carbons (Fsp3) is 0.348. The van der Waals surface area contributed by atoms with Crippen LogP contribution >= 0.6 is 0 Å². The van der Waals surface area contributed by atoms with Crippen molar-refractivity contribution in [3.05, 3.63) is 59.2 Å². The zero-order chi connectivity index (χ0) is 24.3. The highest BCUT2D eigenvalue weighted by Gasteiger charge is 2.64. The molecule has 0 aliphatic heterocycles. The average Bonchev–Trinajstić information content (AvgIpc) is 2.71. The van der Waals surface area contributed by atoms with E-state index in [4.69, 9.17) is 10.5 Å². The van der Waals surface area contributed by atoms with Crippen LogP contribution in [0, 0.1) is 11.6 Å². The molecule has 176 valence electrons. The van der Waals surface area contributed by atoms with E-state index in [1.54, 1.807) is 0 Å². The standard InChI is InChI=1S/C23H22F5N3O2/c1-21(2)10-22(32,23(26,27)28)20(12-4-6-14(25)19(33-3)17(12)21)30-15-8-7-13(24)18-11(15)5-9-16(29)31-18/h4-9,20,30,32H,10H2,1-3H3,(H2,29,31). The van der Waals surface area contributed by atoms with E-state index in [9.17, 15) is 27.1 Å². The molecule has 1 aliphatic rings. The number of alkyl halides is 3. The van der Waals surface area contributed by atoms with Gasteiger partial charge in [-0.2, -0.15) is 13.2 Å². The SMILES string of the molecule is COc1c(F)ccc2c1C(C)(C)CC(O)(C(F)(F)F)C2Nc1ccc(F)c2nc(N)ccc12. The molecule has 1 heterocycles.